The lowest BCUT2D eigenvalue weighted by Gasteiger charge is -2.24. The number of hydrogen-bond donors (Lipinski definition) is 1. The van der Waals surface area contributed by atoms with Gasteiger partial charge in [-0.2, -0.15) is 0 Å². The van der Waals surface area contributed by atoms with Crippen molar-refractivity contribution in [1.82, 2.24) is 9.88 Å². The Morgan fingerprint density at radius 1 is 1.47 bits per heavy atom. The lowest BCUT2D eigenvalue weighted by atomic mass is 10.0. The van der Waals surface area contributed by atoms with Crippen molar-refractivity contribution >= 4 is 0 Å². The van der Waals surface area contributed by atoms with E-state index in [1.165, 1.54) is 29.7 Å². The van der Waals surface area contributed by atoms with E-state index in [1.807, 2.05) is 0 Å². The first kappa shape index (κ1) is 11.2. The quantitative estimate of drug-likeness (QED) is 0.857. The molecular formula is C14H21N3. The molecule has 1 aromatic rings. The maximum atomic E-state index is 6.13. The van der Waals surface area contributed by atoms with Crippen LogP contribution in [0.3, 0.4) is 0 Å². The lowest BCUT2D eigenvalue weighted by molar-refractivity contribution is 0.309. The molecule has 2 aliphatic rings. The first-order valence-electron chi connectivity index (χ1n) is 6.59. The molecule has 2 heterocycles. The summed E-state index contributed by atoms with van der Waals surface area (Å²) in [6, 6.07) is 2.34. The molecule has 1 aliphatic carbocycles. The number of nitrogens with zero attached hydrogens (tertiary/aromatic N) is 2. The van der Waals surface area contributed by atoms with Gasteiger partial charge in [0.2, 0.25) is 0 Å². The Morgan fingerprint density at radius 3 is 3.06 bits per heavy atom. The van der Waals surface area contributed by atoms with Gasteiger partial charge in [-0.1, -0.05) is 6.07 Å². The average Bonchev–Trinajstić information content (AvgIpc) is 3.05. The van der Waals surface area contributed by atoms with Gasteiger partial charge in [-0.25, -0.2) is 0 Å². The van der Waals surface area contributed by atoms with Crippen LogP contribution in [0.25, 0.3) is 0 Å². The Kier molecular flexibility index (Phi) is 2.68. The maximum Gasteiger partial charge on any atom is 0.0461 e. The predicted molar refractivity (Wildman–Crippen MR) is 68.7 cm³/mol. The van der Waals surface area contributed by atoms with E-state index < -0.39 is 0 Å². The van der Waals surface area contributed by atoms with Crippen molar-refractivity contribution in [3.05, 3.63) is 29.1 Å². The van der Waals surface area contributed by atoms with Gasteiger partial charge in [-0.3, -0.25) is 4.98 Å². The summed E-state index contributed by atoms with van der Waals surface area (Å²) in [5, 5.41) is 0. The summed E-state index contributed by atoms with van der Waals surface area (Å²) in [4.78, 5) is 6.97. The molecule has 17 heavy (non-hydrogen) atoms. The van der Waals surface area contributed by atoms with Crippen LogP contribution in [0.5, 0.6) is 0 Å². The molecule has 3 heteroatoms. The third-order valence-electron chi connectivity index (χ3n) is 4.09. The van der Waals surface area contributed by atoms with Crippen molar-refractivity contribution in [3.63, 3.8) is 0 Å². The van der Waals surface area contributed by atoms with Crippen molar-refractivity contribution in [2.45, 2.75) is 44.2 Å². The van der Waals surface area contributed by atoms with Crippen LogP contribution in [-0.4, -0.2) is 29.0 Å². The fraction of sp³-hybridized carbons (Fsp3) is 0.643. The summed E-state index contributed by atoms with van der Waals surface area (Å²) in [6.45, 7) is 2.18. The van der Waals surface area contributed by atoms with Crippen LogP contribution in [0.15, 0.2) is 12.3 Å². The minimum atomic E-state index is 0.159. The highest BCUT2D eigenvalue weighted by molar-refractivity contribution is 5.27. The molecule has 2 N–H and O–H groups in total. The second-order valence-corrected chi connectivity index (χ2v) is 5.80. The summed E-state index contributed by atoms with van der Waals surface area (Å²) in [5.41, 5.74) is 10.3. The smallest absolute Gasteiger partial charge is 0.0461 e. The van der Waals surface area contributed by atoms with Crippen molar-refractivity contribution in [1.29, 1.82) is 0 Å². The van der Waals surface area contributed by atoms with Gasteiger partial charge in [-0.05, 0) is 43.9 Å². The summed E-state index contributed by atoms with van der Waals surface area (Å²) in [7, 11) is 2.18. The van der Waals surface area contributed by atoms with E-state index in [2.05, 4.69) is 29.2 Å². The van der Waals surface area contributed by atoms with Gasteiger partial charge in [0.15, 0.2) is 0 Å². The van der Waals surface area contributed by atoms with E-state index in [4.69, 9.17) is 5.73 Å². The molecule has 0 amide bonds. The Labute approximate surface area is 103 Å². The number of hydrogen-bond acceptors (Lipinski definition) is 3. The van der Waals surface area contributed by atoms with E-state index >= 15 is 0 Å². The zero-order chi connectivity index (χ0) is 11.9. The highest BCUT2D eigenvalue weighted by Gasteiger charge is 2.37. The molecule has 0 unspecified atom stereocenters. The second kappa shape index (κ2) is 4.07. The number of pyridine rings is 1. The van der Waals surface area contributed by atoms with Crippen molar-refractivity contribution in [3.8, 4) is 0 Å². The van der Waals surface area contributed by atoms with Gasteiger partial charge >= 0.3 is 0 Å². The van der Waals surface area contributed by atoms with Crippen molar-refractivity contribution < 1.29 is 0 Å². The molecule has 0 aromatic carbocycles. The average molecular weight is 231 g/mol. The first-order valence-corrected chi connectivity index (χ1v) is 6.59. The van der Waals surface area contributed by atoms with E-state index in [0.29, 0.717) is 0 Å². The van der Waals surface area contributed by atoms with Gasteiger partial charge < -0.3 is 10.6 Å². The normalized spacial score (nSPS) is 22.2. The molecule has 0 bridgehead atoms. The molecule has 3 nitrogen and oxygen atoms in total. The van der Waals surface area contributed by atoms with Gasteiger partial charge in [0.1, 0.15) is 0 Å². The Balaban J connectivity index is 1.71. The lowest BCUT2D eigenvalue weighted by Crippen LogP contribution is -2.27. The minimum Gasteiger partial charge on any atom is -0.325 e. The van der Waals surface area contributed by atoms with Gasteiger partial charge in [0.05, 0.1) is 0 Å². The fourth-order valence-corrected chi connectivity index (χ4v) is 2.56. The van der Waals surface area contributed by atoms with Crippen LogP contribution in [0.1, 0.15) is 36.1 Å². The molecule has 0 atom stereocenters. The van der Waals surface area contributed by atoms with Crippen LogP contribution in [0.4, 0.5) is 0 Å². The van der Waals surface area contributed by atoms with Gasteiger partial charge in [0.25, 0.3) is 0 Å². The number of fused-ring (bicyclic) bond motifs is 1. The van der Waals surface area contributed by atoms with Crippen LogP contribution in [0, 0.1) is 0 Å². The van der Waals surface area contributed by atoms with E-state index in [-0.39, 0.29) is 5.54 Å². The number of rotatable bonds is 3. The first-order chi connectivity index (χ1) is 8.15. The van der Waals surface area contributed by atoms with Crippen LogP contribution in [-0.2, 0) is 19.4 Å². The number of likely N-dealkylation sites (N-methyl/N-ethyl adjacent to an activating group) is 1. The van der Waals surface area contributed by atoms with Crippen LogP contribution < -0.4 is 5.73 Å². The zero-order valence-electron chi connectivity index (χ0n) is 10.6. The molecule has 1 aliphatic heterocycles. The van der Waals surface area contributed by atoms with Crippen molar-refractivity contribution in [2.75, 3.05) is 13.6 Å². The van der Waals surface area contributed by atoms with E-state index in [0.717, 1.165) is 32.4 Å². The molecule has 3 rings (SSSR count). The SMILES string of the molecule is CN1CCc2ncc(CCC3(N)CC3)cc2C1. The summed E-state index contributed by atoms with van der Waals surface area (Å²) < 4.78 is 0. The number of aryl methyl sites for hydroxylation is 1. The second-order valence-electron chi connectivity index (χ2n) is 5.80. The standard InChI is InChI=1S/C14H21N3/c1-17-7-3-13-12(10-17)8-11(9-16-13)2-4-14(15)5-6-14/h8-9H,2-7,10,15H2,1H3. The molecule has 1 aromatic heterocycles. The van der Waals surface area contributed by atoms with Crippen LogP contribution >= 0.6 is 0 Å². The zero-order valence-corrected chi connectivity index (χ0v) is 10.6. The Bertz CT molecular complexity index is 423. The number of aromatic nitrogens is 1. The largest absolute Gasteiger partial charge is 0.325 e. The molecule has 0 saturated heterocycles. The van der Waals surface area contributed by atoms with Gasteiger partial charge in [0, 0.05) is 36.9 Å². The van der Waals surface area contributed by atoms with Crippen molar-refractivity contribution in [2.24, 2.45) is 5.73 Å². The van der Waals surface area contributed by atoms with Gasteiger partial charge in [-0.15, -0.1) is 0 Å². The topological polar surface area (TPSA) is 42.2 Å². The molecule has 0 spiro atoms. The minimum absolute atomic E-state index is 0.159. The Hall–Kier alpha value is -0.930. The highest BCUT2D eigenvalue weighted by Crippen LogP contribution is 2.36. The fourth-order valence-electron chi connectivity index (χ4n) is 2.56. The monoisotopic (exact) mass is 231 g/mol. The summed E-state index contributed by atoms with van der Waals surface area (Å²) >= 11 is 0. The molecular weight excluding hydrogens is 210 g/mol. The summed E-state index contributed by atoms with van der Waals surface area (Å²) in [5.74, 6) is 0. The molecule has 1 saturated carbocycles. The van der Waals surface area contributed by atoms with E-state index in [1.54, 1.807) is 0 Å². The highest BCUT2D eigenvalue weighted by atomic mass is 15.1. The maximum absolute atomic E-state index is 6.13. The third-order valence-corrected chi connectivity index (χ3v) is 4.09. The molecule has 1 fully saturated rings. The van der Waals surface area contributed by atoms with Crippen LogP contribution in [0.2, 0.25) is 0 Å². The third kappa shape index (κ3) is 2.50. The molecule has 0 radical (unpaired) electrons. The van der Waals surface area contributed by atoms with E-state index in [9.17, 15) is 0 Å². The molecule has 92 valence electrons. The predicted octanol–water partition coefficient (Wildman–Crippen LogP) is 1.49. The summed E-state index contributed by atoms with van der Waals surface area (Å²) in [6.07, 6.45) is 7.74. The Morgan fingerprint density at radius 2 is 2.29 bits per heavy atom. The number of nitrogens with two attached hydrogens (primary N) is 1.